The van der Waals surface area contributed by atoms with E-state index < -0.39 is 0 Å². The summed E-state index contributed by atoms with van der Waals surface area (Å²) in [5.41, 5.74) is 5.38. The molecule has 0 spiro atoms. The third-order valence-corrected chi connectivity index (χ3v) is 1.91. The van der Waals surface area contributed by atoms with Crippen molar-refractivity contribution in [3.63, 3.8) is 0 Å². The average molecular weight is 153 g/mol. The van der Waals surface area contributed by atoms with Crippen molar-refractivity contribution in [2.75, 3.05) is 6.54 Å². The van der Waals surface area contributed by atoms with Crippen LogP contribution in [0.25, 0.3) is 0 Å². The van der Waals surface area contributed by atoms with Crippen molar-refractivity contribution < 1.29 is 5.11 Å². The first-order chi connectivity index (χ1) is 5.33. The third kappa shape index (κ3) is 2.76. The molecule has 11 heavy (non-hydrogen) atoms. The van der Waals surface area contributed by atoms with Gasteiger partial charge in [0.2, 0.25) is 0 Å². The number of rotatable bonds is 3. The lowest BCUT2D eigenvalue weighted by molar-refractivity contribution is 0.412. The van der Waals surface area contributed by atoms with Crippen LogP contribution in [0.15, 0.2) is 24.0 Å². The monoisotopic (exact) mass is 153 g/mol. The molecule has 0 amide bonds. The molecule has 1 atom stereocenters. The van der Waals surface area contributed by atoms with Gasteiger partial charge in [-0.15, -0.1) is 0 Å². The normalized spacial score (nSPS) is 23.4. The molecule has 0 saturated heterocycles. The number of nitrogens with two attached hydrogens (primary N) is 1. The Balaban J connectivity index is 2.31. The smallest absolute Gasteiger partial charge is 0.111 e. The molecule has 0 fully saturated rings. The SMILES string of the molecule is NCCCC1C=C(O)C=CC1. The summed E-state index contributed by atoms with van der Waals surface area (Å²) in [7, 11) is 0. The van der Waals surface area contributed by atoms with E-state index in [0.717, 1.165) is 25.8 Å². The summed E-state index contributed by atoms with van der Waals surface area (Å²) in [6.45, 7) is 0.745. The van der Waals surface area contributed by atoms with Crippen LogP contribution in [0.1, 0.15) is 19.3 Å². The van der Waals surface area contributed by atoms with Gasteiger partial charge >= 0.3 is 0 Å². The van der Waals surface area contributed by atoms with Gasteiger partial charge in [-0.1, -0.05) is 6.08 Å². The molecule has 0 aromatic rings. The molecule has 1 unspecified atom stereocenters. The summed E-state index contributed by atoms with van der Waals surface area (Å²) in [4.78, 5) is 0. The fraction of sp³-hybridized carbons (Fsp3) is 0.556. The van der Waals surface area contributed by atoms with Crippen molar-refractivity contribution in [2.45, 2.75) is 19.3 Å². The van der Waals surface area contributed by atoms with Crippen LogP contribution in [-0.2, 0) is 0 Å². The summed E-state index contributed by atoms with van der Waals surface area (Å²) < 4.78 is 0. The van der Waals surface area contributed by atoms with E-state index in [0.29, 0.717) is 11.7 Å². The standard InChI is InChI=1S/C9H15NO/c10-6-2-4-8-3-1-5-9(11)7-8/h1,5,7-8,11H,2-4,6,10H2. The Hall–Kier alpha value is -0.760. The molecule has 0 bridgehead atoms. The Kier molecular flexibility index (Phi) is 3.17. The molecular weight excluding hydrogens is 138 g/mol. The molecule has 0 radical (unpaired) electrons. The second-order valence-electron chi connectivity index (χ2n) is 2.92. The zero-order valence-electron chi connectivity index (χ0n) is 6.66. The molecule has 62 valence electrons. The lowest BCUT2D eigenvalue weighted by Gasteiger charge is -2.12. The van der Waals surface area contributed by atoms with E-state index >= 15 is 0 Å². The van der Waals surface area contributed by atoms with Crippen molar-refractivity contribution >= 4 is 0 Å². The van der Waals surface area contributed by atoms with Gasteiger partial charge in [0.25, 0.3) is 0 Å². The lowest BCUT2D eigenvalue weighted by atomic mass is 9.95. The van der Waals surface area contributed by atoms with E-state index in [1.165, 1.54) is 0 Å². The van der Waals surface area contributed by atoms with Crippen LogP contribution < -0.4 is 5.73 Å². The second kappa shape index (κ2) is 4.19. The van der Waals surface area contributed by atoms with Crippen LogP contribution in [0.2, 0.25) is 0 Å². The first kappa shape index (κ1) is 8.34. The lowest BCUT2D eigenvalue weighted by Crippen LogP contribution is -2.05. The maximum absolute atomic E-state index is 9.12. The second-order valence-corrected chi connectivity index (χ2v) is 2.92. The first-order valence-corrected chi connectivity index (χ1v) is 4.10. The summed E-state index contributed by atoms with van der Waals surface area (Å²) >= 11 is 0. The summed E-state index contributed by atoms with van der Waals surface area (Å²) in [5, 5.41) is 9.12. The van der Waals surface area contributed by atoms with Gasteiger partial charge < -0.3 is 10.8 Å². The highest BCUT2D eigenvalue weighted by molar-refractivity contribution is 5.16. The third-order valence-electron chi connectivity index (χ3n) is 1.91. The topological polar surface area (TPSA) is 46.2 Å². The number of aliphatic hydroxyl groups is 1. The molecule has 0 aromatic heterocycles. The quantitative estimate of drug-likeness (QED) is 0.648. The average Bonchev–Trinajstić information content (AvgIpc) is 2.01. The predicted octanol–water partition coefficient (Wildman–Crippen LogP) is 1.74. The van der Waals surface area contributed by atoms with E-state index in [1.807, 2.05) is 12.2 Å². The Morgan fingerprint density at radius 1 is 1.64 bits per heavy atom. The molecule has 0 heterocycles. The van der Waals surface area contributed by atoms with Crippen molar-refractivity contribution in [3.05, 3.63) is 24.0 Å². The van der Waals surface area contributed by atoms with Gasteiger partial charge in [0, 0.05) is 0 Å². The van der Waals surface area contributed by atoms with Gasteiger partial charge in [-0.2, -0.15) is 0 Å². The fourth-order valence-corrected chi connectivity index (χ4v) is 1.31. The largest absolute Gasteiger partial charge is 0.508 e. The summed E-state index contributed by atoms with van der Waals surface area (Å²) in [6, 6.07) is 0. The summed E-state index contributed by atoms with van der Waals surface area (Å²) in [5.74, 6) is 0.904. The molecule has 0 saturated carbocycles. The van der Waals surface area contributed by atoms with Crippen LogP contribution in [-0.4, -0.2) is 11.7 Å². The first-order valence-electron chi connectivity index (χ1n) is 4.10. The van der Waals surface area contributed by atoms with Crippen LogP contribution in [0, 0.1) is 5.92 Å². The van der Waals surface area contributed by atoms with E-state index in [2.05, 4.69) is 0 Å². The Morgan fingerprint density at radius 2 is 2.45 bits per heavy atom. The Morgan fingerprint density at radius 3 is 3.09 bits per heavy atom. The highest BCUT2D eigenvalue weighted by Gasteiger charge is 2.07. The van der Waals surface area contributed by atoms with Gasteiger partial charge in [0.05, 0.1) is 0 Å². The number of hydrogen-bond donors (Lipinski definition) is 2. The Labute approximate surface area is 67.4 Å². The van der Waals surface area contributed by atoms with Crippen molar-refractivity contribution in [1.29, 1.82) is 0 Å². The predicted molar refractivity (Wildman–Crippen MR) is 46.2 cm³/mol. The van der Waals surface area contributed by atoms with Crippen molar-refractivity contribution in [3.8, 4) is 0 Å². The molecule has 0 aromatic carbocycles. The maximum Gasteiger partial charge on any atom is 0.111 e. The highest BCUT2D eigenvalue weighted by atomic mass is 16.3. The van der Waals surface area contributed by atoms with Crippen molar-refractivity contribution in [2.24, 2.45) is 11.7 Å². The van der Waals surface area contributed by atoms with E-state index in [1.54, 1.807) is 6.08 Å². The minimum Gasteiger partial charge on any atom is -0.508 e. The molecule has 2 heteroatoms. The molecule has 1 rings (SSSR count). The van der Waals surface area contributed by atoms with Gasteiger partial charge in [0.1, 0.15) is 5.76 Å². The van der Waals surface area contributed by atoms with Crippen LogP contribution >= 0.6 is 0 Å². The summed E-state index contributed by atoms with van der Waals surface area (Å²) in [6.07, 6.45) is 8.85. The number of allylic oxidation sites excluding steroid dienone is 3. The van der Waals surface area contributed by atoms with E-state index in [4.69, 9.17) is 10.8 Å². The minimum atomic E-state index is 0.401. The fourth-order valence-electron chi connectivity index (χ4n) is 1.31. The maximum atomic E-state index is 9.12. The molecule has 2 nitrogen and oxygen atoms in total. The highest BCUT2D eigenvalue weighted by Crippen LogP contribution is 2.19. The Bertz CT molecular complexity index is 172. The van der Waals surface area contributed by atoms with Gasteiger partial charge in [-0.25, -0.2) is 0 Å². The zero-order valence-corrected chi connectivity index (χ0v) is 6.66. The van der Waals surface area contributed by atoms with Crippen LogP contribution in [0.4, 0.5) is 0 Å². The molecular formula is C9H15NO. The molecule has 3 N–H and O–H groups in total. The van der Waals surface area contributed by atoms with Crippen LogP contribution in [0.5, 0.6) is 0 Å². The van der Waals surface area contributed by atoms with Crippen LogP contribution in [0.3, 0.4) is 0 Å². The van der Waals surface area contributed by atoms with E-state index in [-0.39, 0.29) is 0 Å². The molecule has 0 aliphatic heterocycles. The molecule has 1 aliphatic carbocycles. The van der Waals surface area contributed by atoms with Gasteiger partial charge in [-0.05, 0) is 43.9 Å². The number of aliphatic hydroxyl groups excluding tert-OH is 1. The van der Waals surface area contributed by atoms with Gasteiger partial charge in [0.15, 0.2) is 0 Å². The molecule has 1 aliphatic rings. The van der Waals surface area contributed by atoms with Gasteiger partial charge in [-0.3, -0.25) is 0 Å². The zero-order chi connectivity index (χ0) is 8.10. The minimum absolute atomic E-state index is 0.401. The van der Waals surface area contributed by atoms with E-state index in [9.17, 15) is 0 Å². The van der Waals surface area contributed by atoms with Crippen molar-refractivity contribution in [1.82, 2.24) is 0 Å². The number of hydrogen-bond acceptors (Lipinski definition) is 2.